The monoisotopic (exact) mass is 247 g/mol. The van der Waals surface area contributed by atoms with Crippen LogP contribution in [0.2, 0.25) is 0 Å². The first-order valence-corrected chi connectivity index (χ1v) is 5.66. The summed E-state index contributed by atoms with van der Waals surface area (Å²) in [6.45, 7) is 0. The summed E-state index contributed by atoms with van der Waals surface area (Å²) in [5.41, 5.74) is 0. The van der Waals surface area contributed by atoms with Gasteiger partial charge in [0.1, 0.15) is 6.42 Å². The minimum Gasteiger partial charge on any atom is -0.339 e. The van der Waals surface area contributed by atoms with Crippen molar-refractivity contribution >= 4 is 0 Å². The maximum Gasteiger partial charge on any atom is 0.396 e. The number of fused-ring (bicyclic) bond motifs is 2. The molecule has 94 valence electrons. The Morgan fingerprint density at radius 1 is 1.35 bits per heavy atom. The molecule has 2 aliphatic rings. The van der Waals surface area contributed by atoms with Gasteiger partial charge in [-0.25, -0.2) is 0 Å². The molecule has 0 amide bonds. The van der Waals surface area contributed by atoms with E-state index in [9.17, 15) is 13.2 Å². The third-order valence-electron chi connectivity index (χ3n) is 3.46. The summed E-state index contributed by atoms with van der Waals surface area (Å²) in [5.74, 6) is 0.169. The van der Waals surface area contributed by atoms with Gasteiger partial charge in [-0.1, -0.05) is 5.16 Å². The summed E-state index contributed by atoms with van der Waals surface area (Å²) in [7, 11) is 0. The van der Waals surface area contributed by atoms with Gasteiger partial charge in [-0.15, -0.1) is 0 Å². The van der Waals surface area contributed by atoms with Gasteiger partial charge in [0.25, 0.3) is 0 Å². The van der Waals surface area contributed by atoms with Crippen LogP contribution in [-0.2, 0) is 6.42 Å². The predicted molar refractivity (Wildman–Crippen MR) is 51.4 cm³/mol. The fourth-order valence-corrected chi connectivity index (χ4v) is 2.77. The molecule has 1 aromatic rings. The van der Waals surface area contributed by atoms with Gasteiger partial charge in [0.15, 0.2) is 5.82 Å². The maximum absolute atomic E-state index is 12.1. The second-order valence-corrected chi connectivity index (χ2v) is 4.73. The van der Waals surface area contributed by atoms with Crippen molar-refractivity contribution in [1.29, 1.82) is 0 Å². The highest BCUT2D eigenvalue weighted by molar-refractivity contribution is 5.10. The van der Waals surface area contributed by atoms with Gasteiger partial charge in [-0.05, 0) is 19.3 Å². The molecule has 2 saturated heterocycles. The van der Waals surface area contributed by atoms with Crippen LogP contribution < -0.4 is 5.32 Å². The van der Waals surface area contributed by atoms with Crippen LogP contribution in [0.5, 0.6) is 0 Å². The average Bonchev–Trinajstić information content (AvgIpc) is 2.87. The van der Waals surface area contributed by atoms with E-state index >= 15 is 0 Å². The first-order valence-electron chi connectivity index (χ1n) is 5.66. The fourth-order valence-electron chi connectivity index (χ4n) is 2.77. The average molecular weight is 247 g/mol. The number of nitrogens with zero attached hydrogens (tertiary/aromatic N) is 2. The Bertz CT molecular complexity index is 417. The highest BCUT2D eigenvalue weighted by atomic mass is 19.4. The van der Waals surface area contributed by atoms with Crippen LogP contribution >= 0.6 is 0 Å². The van der Waals surface area contributed by atoms with Crippen LogP contribution in [0.1, 0.15) is 36.9 Å². The minimum atomic E-state index is -4.28. The van der Waals surface area contributed by atoms with Crippen LogP contribution in [0.3, 0.4) is 0 Å². The number of rotatable bonds is 2. The smallest absolute Gasteiger partial charge is 0.339 e. The minimum absolute atomic E-state index is 0.0863. The van der Waals surface area contributed by atoms with Crippen molar-refractivity contribution in [3.63, 3.8) is 0 Å². The lowest BCUT2D eigenvalue weighted by Crippen LogP contribution is -2.21. The molecule has 0 saturated carbocycles. The quantitative estimate of drug-likeness (QED) is 0.865. The zero-order valence-corrected chi connectivity index (χ0v) is 9.00. The van der Waals surface area contributed by atoms with Gasteiger partial charge in [0.05, 0.1) is 5.92 Å². The highest BCUT2D eigenvalue weighted by Gasteiger charge is 2.43. The summed E-state index contributed by atoms with van der Waals surface area (Å²) < 4.78 is 41.4. The van der Waals surface area contributed by atoms with Gasteiger partial charge in [-0.2, -0.15) is 18.2 Å². The first kappa shape index (κ1) is 11.0. The predicted octanol–water partition coefficient (Wildman–Crippen LogP) is 1.78. The van der Waals surface area contributed by atoms with Crippen molar-refractivity contribution < 1.29 is 17.7 Å². The molecule has 3 rings (SSSR count). The van der Waals surface area contributed by atoms with E-state index in [1.807, 2.05) is 0 Å². The number of nitrogens with one attached hydrogen (secondary N) is 1. The van der Waals surface area contributed by atoms with Crippen molar-refractivity contribution in [3.8, 4) is 0 Å². The Morgan fingerprint density at radius 2 is 2.18 bits per heavy atom. The summed E-state index contributed by atoms with van der Waals surface area (Å²) >= 11 is 0. The lowest BCUT2D eigenvalue weighted by molar-refractivity contribution is -0.128. The van der Waals surface area contributed by atoms with Crippen molar-refractivity contribution in [2.24, 2.45) is 0 Å². The van der Waals surface area contributed by atoms with Gasteiger partial charge in [0, 0.05) is 12.1 Å². The summed E-state index contributed by atoms with van der Waals surface area (Å²) in [5, 5.41) is 6.78. The van der Waals surface area contributed by atoms with Gasteiger partial charge in [-0.3, -0.25) is 0 Å². The summed E-state index contributed by atoms with van der Waals surface area (Å²) in [4.78, 5) is 3.86. The van der Waals surface area contributed by atoms with E-state index in [-0.39, 0.29) is 11.7 Å². The number of hydrogen-bond donors (Lipinski definition) is 1. The second-order valence-electron chi connectivity index (χ2n) is 4.73. The van der Waals surface area contributed by atoms with Crippen LogP contribution in [0.15, 0.2) is 4.52 Å². The number of aromatic nitrogens is 2. The van der Waals surface area contributed by atoms with Gasteiger partial charge < -0.3 is 9.84 Å². The molecule has 2 aliphatic heterocycles. The second kappa shape index (κ2) is 3.69. The van der Waals surface area contributed by atoms with Crippen molar-refractivity contribution in [2.45, 2.75) is 49.9 Å². The normalized spacial score (nSPS) is 32.3. The molecule has 7 heteroatoms. The standard InChI is InChI=1S/C10H12F3N3O/c11-10(12,13)4-8-15-9(17-16-8)6-3-5-1-2-7(6)14-5/h5-7,14H,1-4H2. The van der Waals surface area contributed by atoms with E-state index in [1.54, 1.807) is 0 Å². The first-order chi connectivity index (χ1) is 8.01. The topological polar surface area (TPSA) is 51.0 Å². The molecule has 0 radical (unpaired) electrons. The third kappa shape index (κ3) is 2.15. The molecule has 0 aliphatic carbocycles. The molecular formula is C10H12F3N3O. The zero-order valence-electron chi connectivity index (χ0n) is 9.00. The molecule has 1 N–H and O–H groups in total. The van der Waals surface area contributed by atoms with E-state index in [0.29, 0.717) is 18.0 Å². The lowest BCUT2D eigenvalue weighted by atomic mass is 9.89. The Balaban J connectivity index is 1.72. The van der Waals surface area contributed by atoms with Crippen molar-refractivity contribution in [1.82, 2.24) is 15.5 Å². The lowest BCUT2D eigenvalue weighted by Gasteiger charge is -2.15. The number of alkyl halides is 3. The highest BCUT2D eigenvalue weighted by Crippen LogP contribution is 2.39. The van der Waals surface area contributed by atoms with E-state index < -0.39 is 12.6 Å². The number of halogens is 3. The summed E-state index contributed by atoms with van der Waals surface area (Å²) in [6.07, 6.45) is -2.35. The molecular weight excluding hydrogens is 235 g/mol. The number of hydrogen-bond acceptors (Lipinski definition) is 4. The molecule has 4 nitrogen and oxygen atoms in total. The van der Waals surface area contributed by atoms with Crippen molar-refractivity contribution in [2.75, 3.05) is 0 Å². The molecule has 0 aromatic carbocycles. The maximum atomic E-state index is 12.1. The molecule has 3 heterocycles. The zero-order chi connectivity index (χ0) is 12.0. The largest absolute Gasteiger partial charge is 0.396 e. The van der Waals surface area contributed by atoms with Gasteiger partial charge >= 0.3 is 6.18 Å². The molecule has 2 fully saturated rings. The summed E-state index contributed by atoms with van der Waals surface area (Å²) in [6, 6.07) is 0.752. The molecule has 3 atom stereocenters. The molecule has 1 aromatic heterocycles. The van der Waals surface area contributed by atoms with Crippen LogP contribution in [0.4, 0.5) is 13.2 Å². The van der Waals surface area contributed by atoms with Crippen molar-refractivity contribution in [3.05, 3.63) is 11.7 Å². The van der Waals surface area contributed by atoms with E-state index in [2.05, 4.69) is 15.5 Å². The third-order valence-corrected chi connectivity index (χ3v) is 3.46. The Hall–Kier alpha value is -1.11. The van der Waals surface area contributed by atoms with E-state index in [0.717, 1.165) is 19.3 Å². The van der Waals surface area contributed by atoms with E-state index in [4.69, 9.17) is 4.52 Å². The van der Waals surface area contributed by atoms with Crippen LogP contribution in [-0.4, -0.2) is 28.4 Å². The molecule has 0 spiro atoms. The molecule has 2 bridgehead atoms. The van der Waals surface area contributed by atoms with Crippen LogP contribution in [0.25, 0.3) is 0 Å². The van der Waals surface area contributed by atoms with Crippen LogP contribution in [0, 0.1) is 0 Å². The van der Waals surface area contributed by atoms with E-state index in [1.165, 1.54) is 0 Å². The fraction of sp³-hybridized carbons (Fsp3) is 0.800. The Kier molecular flexibility index (Phi) is 2.39. The Labute approximate surface area is 95.6 Å². The Morgan fingerprint density at radius 3 is 2.76 bits per heavy atom. The molecule has 3 unspecified atom stereocenters. The molecule has 17 heavy (non-hydrogen) atoms. The van der Waals surface area contributed by atoms with Gasteiger partial charge in [0.2, 0.25) is 5.89 Å². The SMILES string of the molecule is FC(F)(F)Cc1noc(C2CC3CCC2N3)n1.